The molecule has 0 aromatic rings. The van der Waals surface area contributed by atoms with E-state index in [9.17, 15) is 9.59 Å². The largest absolute Gasteiger partial charge is 0.461 e. The first-order valence-electron chi connectivity index (χ1n) is 8.33. The van der Waals surface area contributed by atoms with Gasteiger partial charge >= 0.3 is 5.97 Å². The molecule has 4 N–H and O–H groups in total. The van der Waals surface area contributed by atoms with Gasteiger partial charge in [0.2, 0.25) is 0 Å². The quantitative estimate of drug-likeness (QED) is 0.592. The van der Waals surface area contributed by atoms with E-state index >= 15 is 0 Å². The number of hydrogen-bond donors (Lipinski definition) is 2. The van der Waals surface area contributed by atoms with Crippen molar-refractivity contribution in [2.75, 3.05) is 6.54 Å². The average molecular weight is 296 g/mol. The zero-order valence-electron chi connectivity index (χ0n) is 12.8. The van der Waals surface area contributed by atoms with Crippen molar-refractivity contribution >= 4 is 11.8 Å². The van der Waals surface area contributed by atoms with Gasteiger partial charge in [-0.2, -0.15) is 0 Å². The summed E-state index contributed by atoms with van der Waals surface area (Å²) in [6.45, 7) is 0.487. The maximum absolute atomic E-state index is 12.5. The van der Waals surface area contributed by atoms with Gasteiger partial charge in [0.25, 0.3) is 0 Å². The summed E-state index contributed by atoms with van der Waals surface area (Å²) in [7, 11) is 0. The Balaban J connectivity index is 1.89. The molecular formula is C16H28N2O3. The highest BCUT2D eigenvalue weighted by atomic mass is 16.5. The van der Waals surface area contributed by atoms with Crippen molar-refractivity contribution in [1.82, 2.24) is 0 Å². The predicted molar refractivity (Wildman–Crippen MR) is 80.4 cm³/mol. The van der Waals surface area contributed by atoms with Crippen LogP contribution in [0.15, 0.2) is 0 Å². The second-order valence-electron chi connectivity index (χ2n) is 6.46. The molecule has 2 saturated carbocycles. The van der Waals surface area contributed by atoms with E-state index in [0.29, 0.717) is 6.54 Å². The molecule has 0 heterocycles. The third kappa shape index (κ3) is 4.27. The van der Waals surface area contributed by atoms with Gasteiger partial charge in [-0.1, -0.05) is 19.3 Å². The Hall–Kier alpha value is -0.940. The topological polar surface area (TPSA) is 95.4 Å². The summed E-state index contributed by atoms with van der Waals surface area (Å²) in [6, 6.07) is -1.14. The maximum atomic E-state index is 12.5. The number of ketones is 1. The summed E-state index contributed by atoms with van der Waals surface area (Å²) in [5, 5.41) is 0. The summed E-state index contributed by atoms with van der Waals surface area (Å²) < 4.78 is 5.42. The van der Waals surface area contributed by atoms with Crippen molar-refractivity contribution in [2.45, 2.75) is 69.9 Å². The number of rotatable bonds is 5. The Morgan fingerprint density at radius 1 is 1.00 bits per heavy atom. The Morgan fingerprint density at radius 2 is 1.62 bits per heavy atom. The van der Waals surface area contributed by atoms with Crippen molar-refractivity contribution in [3.8, 4) is 0 Å². The summed E-state index contributed by atoms with van der Waals surface area (Å²) in [4.78, 5) is 24.6. The molecule has 2 aliphatic rings. The van der Waals surface area contributed by atoms with Crippen molar-refractivity contribution in [1.29, 1.82) is 0 Å². The average Bonchev–Trinajstić information content (AvgIpc) is 2.54. The smallest absolute Gasteiger partial charge is 0.330 e. The van der Waals surface area contributed by atoms with Crippen molar-refractivity contribution in [3.63, 3.8) is 0 Å². The highest BCUT2D eigenvalue weighted by Crippen LogP contribution is 2.31. The molecule has 0 aromatic heterocycles. The zero-order valence-corrected chi connectivity index (χ0v) is 12.8. The van der Waals surface area contributed by atoms with Gasteiger partial charge < -0.3 is 16.2 Å². The minimum Gasteiger partial charge on any atom is -0.461 e. The van der Waals surface area contributed by atoms with Gasteiger partial charge in [0, 0.05) is 5.92 Å². The van der Waals surface area contributed by atoms with Crippen LogP contribution in [-0.2, 0) is 14.3 Å². The Kier molecular flexibility index (Phi) is 6.18. The molecule has 3 atom stereocenters. The molecule has 2 fully saturated rings. The standard InChI is InChI=1S/C16H28N2O3/c17-10-11-6-4-5-9-13(11)15(19)14(18)16(20)21-12-7-2-1-3-8-12/h11-14H,1-10,17-18H2. The van der Waals surface area contributed by atoms with E-state index in [2.05, 4.69) is 0 Å². The second kappa shape index (κ2) is 7.90. The molecule has 0 spiro atoms. The van der Waals surface area contributed by atoms with Crippen LogP contribution in [0.3, 0.4) is 0 Å². The van der Waals surface area contributed by atoms with Crippen LogP contribution in [0.1, 0.15) is 57.8 Å². The first-order valence-corrected chi connectivity index (χ1v) is 8.33. The molecule has 0 saturated heterocycles. The normalized spacial score (nSPS) is 28.9. The number of carbonyl (C=O) groups is 2. The Labute approximate surface area is 126 Å². The molecule has 3 unspecified atom stereocenters. The summed E-state index contributed by atoms with van der Waals surface area (Å²) in [5.41, 5.74) is 11.6. The number of hydrogen-bond acceptors (Lipinski definition) is 5. The summed E-state index contributed by atoms with van der Waals surface area (Å²) in [5.74, 6) is -0.725. The monoisotopic (exact) mass is 296 g/mol. The molecule has 0 aliphatic heterocycles. The molecule has 5 nitrogen and oxygen atoms in total. The molecule has 120 valence electrons. The lowest BCUT2D eigenvalue weighted by Crippen LogP contribution is -2.47. The van der Waals surface area contributed by atoms with Gasteiger partial charge in [0.05, 0.1) is 0 Å². The minimum atomic E-state index is -1.14. The van der Waals surface area contributed by atoms with Crippen molar-refractivity contribution in [2.24, 2.45) is 23.3 Å². The lowest BCUT2D eigenvalue weighted by molar-refractivity contribution is -0.155. The first-order chi connectivity index (χ1) is 10.1. The second-order valence-corrected chi connectivity index (χ2v) is 6.46. The molecule has 5 heteroatoms. The van der Waals surface area contributed by atoms with Crippen molar-refractivity contribution < 1.29 is 14.3 Å². The minimum absolute atomic E-state index is 0.0539. The van der Waals surface area contributed by atoms with Crippen LogP contribution in [0.25, 0.3) is 0 Å². The molecule has 21 heavy (non-hydrogen) atoms. The van der Waals surface area contributed by atoms with E-state index in [1.807, 2.05) is 0 Å². The van der Waals surface area contributed by atoms with Crippen LogP contribution in [0.2, 0.25) is 0 Å². The van der Waals surface area contributed by atoms with Gasteiger partial charge in [-0.3, -0.25) is 4.79 Å². The van der Waals surface area contributed by atoms with Crippen LogP contribution in [0.4, 0.5) is 0 Å². The lowest BCUT2D eigenvalue weighted by Gasteiger charge is -2.31. The predicted octanol–water partition coefficient (Wildman–Crippen LogP) is 1.52. The van der Waals surface area contributed by atoms with E-state index < -0.39 is 12.0 Å². The molecule has 2 aliphatic carbocycles. The van der Waals surface area contributed by atoms with Gasteiger partial charge in [-0.25, -0.2) is 4.79 Å². The third-order valence-corrected chi connectivity index (χ3v) is 4.97. The van der Waals surface area contributed by atoms with Crippen LogP contribution in [0.5, 0.6) is 0 Å². The fourth-order valence-corrected chi connectivity index (χ4v) is 3.63. The Bertz CT molecular complexity index is 367. The summed E-state index contributed by atoms with van der Waals surface area (Å²) in [6.07, 6.45) is 8.95. The van der Waals surface area contributed by atoms with Crippen LogP contribution in [0, 0.1) is 11.8 Å². The van der Waals surface area contributed by atoms with Gasteiger partial charge in [0.15, 0.2) is 11.8 Å². The van der Waals surface area contributed by atoms with E-state index in [1.54, 1.807) is 0 Å². The highest BCUT2D eigenvalue weighted by Gasteiger charge is 2.36. The first kappa shape index (κ1) is 16.4. The van der Waals surface area contributed by atoms with Gasteiger partial charge in [0.1, 0.15) is 6.10 Å². The summed E-state index contributed by atoms with van der Waals surface area (Å²) >= 11 is 0. The Morgan fingerprint density at radius 3 is 2.29 bits per heavy atom. The molecule has 0 bridgehead atoms. The maximum Gasteiger partial charge on any atom is 0.330 e. The molecular weight excluding hydrogens is 268 g/mol. The number of nitrogens with two attached hydrogens (primary N) is 2. The number of esters is 1. The fourth-order valence-electron chi connectivity index (χ4n) is 3.63. The molecule has 0 radical (unpaired) electrons. The fraction of sp³-hybridized carbons (Fsp3) is 0.875. The molecule has 0 amide bonds. The van der Waals surface area contributed by atoms with Crippen LogP contribution < -0.4 is 11.5 Å². The third-order valence-electron chi connectivity index (χ3n) is 4.97. The number of carbonyl (C=O) groups excluding carboxylic acids is 2. The zero-order chi connectivity index (χ0) is 15.2. The van der Waals surface area contributed by atoms with Crippen LogP contribution >= 0.6 is 0 Å². The van der Waals surface area contributed by atoms with E-state index in [4.69, 9.17) is 16.2 Å². The van der Waals surface area contributed by atoms with E-state index in [1.165, 1.54) is 6.42 Å². The van der Waals surface area contributed by atoms with Crippen molar-refractivity contribution in [3.05, 3.63) is 0 Å². The SMILES string of the molecule is NCC1CCCCC1C(=O)C(N)C(=O)OC1CCCCC1. The van der Waals surface area contributed by atoms with E-state index in [0.717, 1.165) is 51.4 Å². The van der Waals surface area contributed by atoms with Crippen LogP contribution in [-0.4, -0.2) is 30.4 Å². The molecule has 0 aromatic carbocycles. The number of ether oxygens (including phenoxy) is 1. The molecule has 2 rings (SSSR count). The van der Waals surface area contributed by atoms with E-state index in [-0.39, 0.29) is 23.7 Å². The van der Waals surface area contributed by atoms with Gasteiger partial charge in [-0.15, -0.1) is 0 Å². The lowest BCUT2D eigenvalue weighted by atomic mass is 9.75. The van der Waals surface area contributed by atoms with Gasteiger partial charge in [-0.05, 0) is 51.0 Å². The highest BCUT2D eigenvalue weighted by molar-refractivity contribution is 6.04. The number of Topliss-reactive ketones (excluding diaryl/α,β-unsaturated/α-hetero) is 1.